The summed E-state index contributed by atoms with van der Waals surface area (Å²) in [6.45, 7) is 0.100. The lowest BCUT2D eigenvalue weighted by Crippen LogP contribution is -2.06. The molecule has 0 unspecified atom stereocenters. The van der Waals surface area contributed by atoms with Gasteiger partial charge in [0.15, 0.2) is 0 Å². The summed E-state index contributed by atoms with van der Waals surface area (Å²) in [7, 11) is 1.32. The number of ether oxygens (including phenoxy) is 2. The highest BCUT2D eigenvalue weighted by atomic mass is 35.5. The van der Waals surface area contributed by atoms with Crippen LogP contribution in [0.1, 0.15) is 26.3 Å². The minimum absolute atomic E-state index is 0.100. The van der Waals surface area contributed by atoms with Gasteiger partial charge in [-0.05, 0) is 29.8 Å². The van der Waals surface area contributed by atoms with Crippen LogP contribution in [0.25, 0.3) is 0 Å². The number of hydrogen-bond acceptors (Lipinski definition) is 5. The van der Waals surface area contributed by atoms with Crippen molar-refractivity contribution in [2.45, 2.75) is 6.61 Å². The minimum atomic E-state index is -0.490. The van der Waals surface area contributed by atoms with Crippen molar-refractivity contribution in [1.82, 2.24) is 4.98 Å². The first kappa shape index (κ1) is 15.0. The number of carbonyl (C=O) groups excluding carboxylic acids is 2. The average molecular weight is 306 g/mol. The molecule has 0 atom stereocenters. The number of methoxy groups -OCH3 is 1. The van der Waals surface area contributed by atoms with Crippen molar-refractivity contribution in [1.29, 1.82) is 0 Å². The van der Waals surface area contributed by atoms with E-state index in [9.17, 15) is 9.59 Å². The molecule has 2 rings (SSSR count). The van der Waals surface area contributed by atoms with E-state index in [1.807, 2.05) is 0 Å². The zero-order chi connectivity index (χ0) is 15.2. The van der Waals surface area contributed by atoms with Crippen LogP contribution in [0, 0.1) is 0 Å². The van der Waals surface area contributed by atoms with Crippen LogP contribution in [-0.4, -0.2) is 24.0 Å². The van der Waals surface area contributed by atoms with E-state index in [0.29, 0.717) is 16.3 Å². The van der Waals surface area contributed by atoms with Gasteiger partial charge in [0.1, 0.15) is 11.8 Å². The van der Waals surface area contributed by atoms with E-state index in [1.165, 1.54) is 25.4 Å². The number of halogens is 1. The van der Waals surface area contributed by atoms with E-state index in [2.05, 4.69) is 9.72 Å². The Morgan fingerprint density at radius 2 is 1.71 bits per heavy atom. The quantitative estimate of drug-likeness (QED) is 0.642. The van der Waals surface area contributed by atoms with E-state index in [1.54, 1.807) is 24.3 Å². The number of rotatable bonds is 4. The Kier molecular flexibility index (Phi) is 4.90. The molecule has 5 nitrogen and oxygen atoms in total. The standard InChI is InChI=1S/C15H12ClNO4/c1-20-14(18)11-4-2-10(3-5-11)9-21-15(19)12-6-7-13(16)17-8-12/h2-8H,9H2,1H3. The van der Waals surface area contributed by atoms with Gasteiger partial charge in [-0.1, -0.05) is 23.7 Å². The average Bonchev–Trinajstić information content (AvgIpc) is 2.53. The minimum Gasteiger partial charge on any atom is -0.465 e. The second-order valence-corrected chi connectivity index (χ2v) is 4.52. The summed E-state index contributed by atoms with van der Waals surface area (Å²) >= 11 is 5.64. The summed E-state index contributed by atoms with van der Waals surface area (Å²) < 4.78 is 9.74. The second-order valence-electron chi connectivity index (χ2n) is 4.13. The van der Waals surface area contributed by atoms with Crippen LogP contribution in [0.2, 0.25) is 5.15 Å². The molecular formula is C15H12ClNO4. The van der Waals surface area contributed by atoms with Crippen molar-refractivity contribution in [3.8, 4) is 0 Å². The summed E-state index contributed by atoms with van der Waals surface area (Å²) in [6, 6.07) is 9.66. The van der Waals surface area contributed by atoms with Gasteiger partial charge in [-0.15, -0.1) is 0 Å². The van der Waals surface area contributed by atoms with Gasteiger partial charge in [-0.25, -0.2) is 14.6 Å². The molecule has 0 saturated carbocycles. The fourth-order valence-electron chi connectivity index (χ4n) is 1.58. The number of aromatic nitrogens is 1. The number of hydrogen-bond donors (Lipinski definition) is 0. The molecule has 21 heavy (non-hydrogen) atoms. The Labute approximate surface area is 126 Å². The summed E-state index contributed by atoms with van der Waals surface area (Å²) in [5.74, 6) is -0.901. The summed E-state index contributed by atoms with van der Waals surface area (Å²) in [4.78, 5) is 26.9. The normalized spacial score (nSPS) is 10.0. The van der Waals surface area contributed by atoms with Crippen molar-refractivity contribution >= 4 is 23.5 Å². The maximum Gasteiger partial charge on any atom is 0.340 e. The van der Waals surface area contributed by atoms with Crippen LogP contribution in [-0.2, 0) is 16.1 Å². The molecule has 0 spiro atoms. The Morgan fingerprint density at radius 1 is 1.05 bits per heavy atom. The van der Waals surface area contributed by atoms with Crippen LogP contribution in [0.15, 0.2) is 42.6 Å². The number of benzene rings is 1. The first-order valence-corrected chi connectivity index (χ1v) is 6.44. The van der Waals surface area contributed by atoms with Gasteiger partial charge in [-0.3, -0.25) is 0 Å². The van der Waals surface area contributed by atoms with E-state index in [0.717, 1.165) is 5.56 Å². The first-order valence-electron chi connectivity index (χ1n) is 6.06. The molecule has 0 fully saturated rings. The lowest BCUT2D eigenvalue weighted by molar-refractivity contribution is 0.0471. The third kappa shape index (κ3) is 4.03. The molecule has 1 heterocycles. The molecule has 0 bridgehead atoms. The zero-order valence-corrected chi connectivity index (χ0v) is 12.0. The molecule has 1 aromatic carbocycles. The van der Waals surface area contributed by atoms with E-state index in [-0.39, 0.29) is 6.61 Å². The van der Waals surface area contributed by atoms with Gasteiger partial charge < -0.3 is 9.47 Å². The predicted molar refractivity (Wildman–Crippen MR) is 76.1 cm³/mol. The van der Waals surface area contributed by atoms with Crippen molar-refractivity contribution in [2.24, 2.45) is 0 Å². The molecule has 0 aliphatic carbocycles. The molecule has 0 N–H and O–H groups in total. The van der Waals surface area contributed by atoms with Gasteiger partial charge in [0.25, 0.3) is 0 Å². The molecular weight excluding hydrogens is 294 g/mol. The molecule has 0 amide bonds. The monoisotopic (exact) mass is 305 g/mol. The molecule has 0 saturated heterocycles. The molecule has 1 aromatic heterocycles. The lowest BCUT2D eigenvalue weighted by Gasteiger charge is -2.05. The smallest absolute Gasteiger partial charge is 0.340 e. The maximum atomic E-state index is 11.8. The molecule has 6 heteroatoms. The lowest BCUT2D eigenvalue weighted by atomic mass is 10.1. The van der Waals surface area contributed by atoms with Gasteiger partial charge in [0.2, 0.25) is 0 Å². The highest BCUT2D eigenvalue weighted by Crippen LogP contribution is 2.10. The van der Waals surface area contributed by atoms with Gasteiger partial charge >= 0.3 is 11.9 Å². The molecule has 0 radical (unpaired) electrons. The predicted octanol–water partition coefficient (Wildman–Crippen LogP) is 2.88. The Bertz CT molecular complexity index is 638. The number of esters is 2. The fraction of sp³-hybridized carbons (Fsp3) is 0.133. The van der Waals surface area contributed by atoms with Crippen LogP contribution < -0.4 is 0 Å². The SMILES string of the molecule is COC(=O)c1ccc(COC(=O)c2ccc(Cl)nc2)cc1. The Hall–Kier alpha value is -2.40. The largest absolute Gasteiger partial charge is 0.465 e. The number of nitrogens with zero attached hydrogens (tertiary/aromatic N) is 1. The topological polar surface area (TPSA) is 65.5 Å². The van der Waals surface area contributed by atoms with Crippen LogP contribution in [0.4, 0.5) is 0 Å². The van der Waals surface area contributed by atoms with Crippen molar-refractivity contribution in [3.05, 3.63) is 64.4 Å². The third-order valence-electron chi connectivity index (χ3n) is 2.71. The van der Waals surface area contributed by atoms with Gasteiger partial charge in [-0.2, -0.15) is 0 Å². The molecule has 2 aromatic rings. The van der Waals surface area contributed by atoms with Crippen LogP contribution >= 0.6 is 11.6 Å². The van der Waals surface area contributed by atoms with Gasteiger partial charge in [0.05, 0.1) is 18.2 Å². The molecule has 0 aliphatic rings. The summed E-state index contributed by atoms with van der Waals surface area (Å²) in [5.41, 5.74) is 1.53. The highest BCUT2D eigenvalue weighted by molar-refractivity contribution is 6.29. The molecule has 0 aliphatic heterocycles. The Balaban J connectivity index is 1.95. The van der Waals surface area contributed by atoms with Crippen molar-refractivity contribution < 1.29 is 19.1 Å². The summed E-state index contributed by atoms with van der Waals surface area (Å²) in [6.07, 6.45) is 1.35. The third-order valence-corrected chi connectivity index (χ3v) is 2.93. The van der Waals surface area contributed by atoms with Gasteiger partial charge in [0, 0.05) is 6.20 Å². The maximum absolute atomic E-state index is 11.8. The van der Waals surface area contributed by atoms with E-state index in [4.69, 9.17) is 16.3 Å². The Morgan fingerprint density at radius 3 is 2.29 bits per heavy atom. The second kappa shape index (κ2) is 6.85. The highest BCUT2D eigenvalue weighted by Gasteiger charge is 2.09. The van der Waals surface area contributed by atoms with Crippen molar-refractivity contribution in [2.75, 3.05) is 7.11 Å². The number of carbonyl (C=O) groups is 2. The zero-order valence-electron chi connectivity index (χ0n) is 11.2. The van der Waals surface area contributed by atoms with E-state index >= 15 is 0 Å². The van der Waals surface area contributed by atoms with E-state index < -0.39 is 11.9 Å². The van der Waals surface area contributed by atoms with Crippen LogP contribution in [0.5, 0.6) is 0 Å². The van der Waals surface area contributed by atoms with Crippen LogP contribution in [0.3, 0.4) is 0 Å². The fourth-order valence-corrected chi connectivity index (χ4v) is 1.70. The summed E-state index contributed by atoms with van der Waals surface area (Å²) in [5, 5.41) is 0.310. The first-order chi connectivity index (χ1) is 10.1. The number of pyridine rings is 1. The molecule has 108 valence electrons. The van der Waals surface area contributed by atoms with Crippen molar-refractivity contribution in [3.63, 3.8) is 0 Å².